The summed E-state index contributed by atoms with van der Waals surface area (Å²) >= 11 is 10.5. The normalized spacial score (nSPS) is 14.9. The maximum absolute atomic E-state index is 14.5. The number of rotatable bonds is 8. The molecule has 0 N–H and O–H groups in total. The van der Waals surface area contributed by atoms with E-state index in [0.29, 0.717) is 0 Å². The van der Waals surface area contributed by atoms with Crippen LogP contribution in [0.4, 0.5) is 43.9 Å². The van der Waals surface area contributed by atoms with Gasteiger partial charge in [0.15, 0.2) is 46.5 Å². The molecule has 8 aromatic rings. The molecule has 4 heterocycles. The van der Waals surface area contributed by atoms with Gasteiger partial charge in [0.25, 0.3) is 0 Å². The van der Waals surface area contributed by atoms with Gasteiger partial charge in [-0.15, -0.1) is 22.7 Å². The zero-order valence-corrected chi connectivity index (χ0v) is 37.8. The van der Waals surface area contributed by atoms with Crippen molar-refractivity contribution in [2.24, 2.45) is 0 Å². The Morgan fingerprint density at radius 3 is 0.955 bits per heavy atom. The molecule has 2 aliphatic heterocycles. The van der Waals surface area contributed by atoms with E-state index in [0.717, 1.165) is 62.7 Å². The van der Waals surface area contributed by atoms with Crippen LogP contribution in [0.5, 0.6) is 11.5 Å². The van der Waals surface area contributed by atoms with E-state index in [1.807, 2.05) is 71.3 Å². The van der Waals surface area contributed by atoms with E-state index in [2.05, 4.69) is 35.0 Å². The highest BCUT2D eigenvalue weighted by Crippen LogP contribution is 2.84. The second kappa shape index (κ2) is 16.4. The Hall–Kier alpha value is -4.98. The monoisotopic (exact) mass is 1010 g/mol. The SMILES string of the molecule is Fc1c(F)c(F)c(COc2ccc(-c3csc4c3-c3c(-c5ccc(OCc6c(F)c(F)c(F)c(F)c6F)cc5)csc3C3(Sc5ccccc5S3)C43Sc4ccccc4S3)cc2)c(F)c1F. The van der Waals surface area contributed by atoms with E-state index in [1.54, 1.807) is 71.2 Å². The third-order valence-electron chi connectivity index (χ3n) is 11.3. The molecule has 0 fully saturated rings. The third-order valence-corrected chi connectivity index (χ3v) is 21.3. The van der Waals surface area contributed by atoms with Crippen molar-refractivity contribution in [3.63, 3.8) is 0 Å². The van der Waals surface area contributed by atoms with E-state index in [-0.39, 0.29) is 11.5 Å². The standard InChI is InChI=1S/C48H22F10O2S6/c49-35-25(36(50)40(54)43(57)39(35)53)17-59-23-13-9-21(10-14-23)27-19-61-45-33(27)34-28(22-11-15-24(16-12-22)60-18-26-37(51)41(55)44(58)42(56)38(26)52)20-62-46(34)48(65-31-7-3-4-8-32(31)66-48)47(45)63-29-5-1-2-6-30(29)64-47/h1-16,19-20H,17-18H2. The summed E-state index contributed by atoms with van der Waals surface area (Å²) in [6.45, 7) is -1.84. The van der Waals surface area contributed by atoms with Crippen molar-refractivity contribution < 1.29 is 53.4 Å². The fourth-order valence-corrected chi connectivity index (χ4v) is 18.8. The van der Waals surface area contributed by atoms with E-state index >= 15 is 0 Å². The molecule has 0 saturated carbocycles. The minimum absolute atomic E-state index is 0.121. The largest absolute Gasteiger partial charge is 0.489 e. The van der Waals surface area contributed by atoms with E-state index in [9.17, 15) is 43.9 Å². The molecule has 2 aromatic heterocycles. The number of benzene rings is 6. The van der Waals surface area contributed by atoms with Gasteiger partial charge >= 0.3 is 0 Å². The Bertz CT molecular complexity index is 2970. The van der Waals surface area contributed by atoms with Gasteiger partial charge in [0, 0.05) is 51.6 Å². The lowest BCUT2D eigenvalue weighted by Gasteiger charge is -2.46. The predicted molar refractivity (Wildman–Crippen MR) is 239 cm³/mol. The molecule has 66 heavy (non-hydrogen) atoms. The number of thiophene rings is 2. The van der Waals surface area contributed by atoms with Crippen LogP contribution in [0.1, 0.15) is 20.9 Å². The summed E-state index contributed by atoms with van der Waals surface area (Å²) in [7, 11) is 0. The Morgan fingerprint density at radius 1 is 0.364 bits per heavy atom. The van der Waals surface area contributed by atoms with E-state index in [4.69, 9.17) is 9.47 Å². The first-order valence-electron chi connectivity index (χ1n) is 19.5. The first-order chi connectivity index (χ1) is 31.8. The van der Waals surface area contributed by atoms with E-state index < -0.39 is 90.7 Å². The molecule has 0 radical (unpaired) electrons. The van der Waals surface area contributed by atoms with E-state index in [1.165, 1.54) is 0 Å². The van der Waals surface area contributed by atoms with Crippen molar-refractivity contribution in [2.75, 3.05) is 0 Å². The summed E-state index contributed by atoms with van der Waals surface area (Å²) in [5, 5.41) is 4.17. The van der Waals surface area contributed by atoms with Crippen LogP contribution in [0.2, 0.25) is 0 Å². The molecule has 0 unspecified atom stereocenters. The van der Waals surface area contributed by atoms with Crippen LogP contribution in [-0.2, 0) is 21.4 Å². The van der Waals surface area contributed by atoms with Crippen molar-refractivity contribution in [2.45, 2.75) is 41.0 Å². The van der Waals surface area contributed by atoms with Crippen molar-refractivity contribution in [1.29, 1.82) is 0 Å². The lowest BCUT2D eigenvalue weighted by atomic mass is 9.86. The number of fused-ring (bicyclic) bond motifs is 8. The van der Waals surface area contributed by atoms with Gasteiger partial charge in [-0.3, -0.25) is 0 Å². The maximum Gasteiger partial charge on any atom is 0.200 e. The second-order valence-electron chi connectivity index (χ2n) is 15.0. The first kappa shape index (κ1) is 43.6. The van der Waals surface area contributed by atoms with Gasteiger partial charge in [0.2, 0.25) is 11.6 Å². The third kappa shape index (κ3) is 6.56. The Morgan fingerprint density at radius 2 is 0.652 bits per heavy atom. The maximum atomic E-state index is 14.5. The molecule has 3 aliphatic rings. The molecular formula is C48H22F10O2S6. The molecule has 0 amide bonds. The van der Waals surface area contributed by atoms with Crippen molar-refractivity contribution in [3.8, 4) is 44.9 Å². The quantitative estimate of drug-likeness (QED) is 0.0852. The number of hydrogen-bond donors (Lipinski definition) is 0. The number of hydrogen-bond acceptors (Lipinski definition) is 8. The first-order valence-corrected chi connectivity index (χ1v) is 24.5. The molecule has 1 aliphatic carbocycles. The molecule has 2 spiro atoms. The van der Waals surface area contributed by atoms with Crippen molar-refractivity contribution in [1.82, 2.24) is 0 Å². The lowest BCUT2D eigenvalue weighted by Crippen LogP contribution is -2.39. The fourth-order valence-electron chi connectivity index (χ4n) is 8.10. The summed E-state index contributed by atoms with van der Waals surface area (Å²) in [6, 6.07) is 29.8. The minimum Gasteiger partial charge on any atom is -0.489 e. The lowest BCUT2D eigenvalue weighted by molar-refractivity contribution is 0.279. The van der Waals surface area contributed by atoms with Crippen LogP contribution >= 0.6 is 69.7 Å². The van der Waals surface area contributed by atoms with Gasteiger partial charge in [-0.2, -0.15) is 0 Å². The van der Waals surface area contributed by atoms with Gasteiger partial charge < -0.3 is 9.47 Å². The molecule has 11 rings (SSSR count). The Balaban J connectivity index is 1.01. The number of halogens is 10. The van der Waals surface area contributed by atoms with Crippen molar-refractivity contribution >= 4 is 69.7 Å². The second-order valence-corrected chi connectivity index (χ2v) is 22.3. The summed E-state index contributed by atoms with van der Waals surface area (Å²) in [4.78, 5) is 6.74. The molecule has 6 aromatic carbocycles. The molecule has 332 valence electrons. The molecule has 2 nitrogen and oxygen atoms in total. The van der Waals surface area contributed by atoms with Gasteiger partial charge in [-0.1, -0.05) is 95.6 Å². The van der Waals surface area contributed by atoms with Crippen LogP contribution in [0.3, 0.4) is 0 Å². The number of ether oxygens (including phenoxy) is 2. The smallest absolute Gasteiger partial charge is 0.200 e. The average Bonchev–Trinajstić information content (AvgIpc) is 4.15. The van der Waals surface area contributed by atoms with Crippen molar-refractivity contribution in [3.05, 3.63) is 187 Å². The summed E-state index contributed by atoms with van der Waals surface area (Å²) in [5.41, 5.74) is 2.95. The Kier molecular flexibility index (Phi) is 10.8. The average molecular weight is 1010 g/mol. The van der Waals surface area contributed by atoms with Gasteiger partial charge in [-0.25, -0.2) is 43.9 Å². The van der Waals surface area contributed by atoms with Gasteiger partial charge in [-0.05, 0) is 70.4 Å². The highest BCUT2D eigenvalue weighted by Gasteiger charge is 2.67. The van der Waals surface area contributed by atoms with Gasteiger partial charge in [0.1, 0.15) is 32.9 Å². The molecule has 0 atom stereocenters. The Labute approximate surface area is 393 Å². The van der Waals surface area contributed by atoms with Gasteiger partial charge in [0.05, 0.1) is 11.1 Å². The highest BCUT2D eigenvalue weighted by atomic mass is 32.2. The summed E-state index contributed by atoms with van der Waals surface area (Å²) < 4.78 is 151. The van der Waals surface area contributed by atoms with Crippen LogP contribution in [0.25, 0.3) is 33.4 Å². The van der Waals surface area contributed by atoms with Crippen LogP contribution < -0.4 is 9.47 Å². The molecule has 0 saturated heterocycles. The fraction of sp³-hybridized carbons (Fsp3) is 0.0833. The minimum atomic E-state index is -2.26. The zero-order valence-electron chi connectivity index (χ0n) is 32.9. The van der Waals surface area contributed by atoms with Crippen LogP contribution in [-0.4, -0.2) is 0 Å². The predicted octanol–water partition coefficient (Wildman–Crippen LogP) is 16.5. The summed E-state index contributed by atoms with van der Waals surface area (Å²) in [6.07, 6.45) is 0. The highest BCUT2D eigenvalue weighted by molar-refractivity contribution is 8.26. The van der Waals surface area contributed by atoms with Crippen LogP contribution in [0.15, 0.2) is 127 Å². The molecule has 0 bridgehead atoms. The molecule has 18 heteroatoms. The topological polar surface area (TPSA) is 18.5 Å². The van der Waals surface area contributed by atoms with Crippen LogP contribution in [0, 0.1) is 58.2 Å². The molecular weight excluding hydrogens is 991 g/mol. The number of thioether (sulfide) groups is 4. The zero-order chi connectivity index (χ0) is 45.8. The summed E-state index contributed by atoms with van der Waals surface area (Å²) in [5.74, 6) is -20.4.